The van der Waals surface area contributed by atoms with Crippen LogP contribution in [0.5, 0.6) is 0 Å². The Labute approximate surface area is 237 Å². The van der Waals surface area contributed by atoms with Crippen molar-refractivity contribution in [3.05, 3.63) is 63.5 Å². The van der Waals surface area contributed by atoms with Crippen molar-refractivity contribution >= 4 is 66.5 Å². The van der Waals surface area contributed by atoms with Crippen molar-refractivity contribution in [1.82, 2.24) is 14.9 Å². The molecule has 4 rings (SSSR count). The zero-order valence-electron chi connectivity index (χ0n) is 21.1. The van der Waals surface area contributed by atoms with Gasteiger partial charge in [0.05, 0.1) is 14.9 Å². The molecule has 204 valence electrons. The Morgan fingerprint density at radius 2 is 1.84 bits per heavy atom. The molecule has 2 N–H and O–H groups in total. The number of nitrogens with one attached hydrogen (secondary N) is 2. The molecule has 2 aromatic carbocycles. The van der Waals surface area contributed by atoms with Crippen molar-refractivity contribution in [3.8, 4) is 0 Å². The van der Waals surface area contributed by atoms with E-state index in [1.807, 2.05) is 30.3 Å². The van der Waals surface area contributed by atoms with E-state index in [-0.39, 0.29) is 39.8 Å². The smallest absolute Gasteiger partial charge is 0.262 e. The summed E-state index contributed by atoms with van der Waals surface area (Å²) in [6.45, 7) is 0.439. The van der Waals surface area contributed by atoms with E-state index in [9.17, 15) is 18.0 Å². The number of fused-ring (bicyclic) bond motifs is 1. The molecule has 1 saturated carbocycles. The summed E-state index contributed by atoms with van der Waals surface area (Å²) >= 11 is 13.5. The van der Waals surface area contributed by atoms with E-state index in [1.165, 1.54) is 40.9 Å². The summed E-state index contributed by atoms with van der Waals surface area (Å²) in [4.78, 5) is 26.7. The van der Waals surface area contributed by atoms with Crippen LogP contribution in [0.3, 0.4) is 0 Å². The van der Waals surface area contributed by atoms with E-state index in [2.05, 4.69) is 10.6 Å². The maximum Gasteiger partial charge on any atom is 0.262 e. The van der Waals surface area contributed by atoms with Gasteiger partial charge >= 0.3 is 0 Å². The Morgan fingerprint density at radius 3 is 2.58 bits per heavy atom. The van der Waals surface area contributed by atoms with Crippen LogP contribution in [0.1, 0.15) is 48.2 Å². The number of amides is 2. The Bertz CT molecular complexity index is 1370. The van der Waals surface area contributed by atoms with Gasteiger partial charge in [-0.2, -0.15) is 0 Å². The lowest BCUT2D eigenvalue weighted by atomic mass is 9.97. The second-order valence-corrected chi connectivity index (χ2v) is 13.5. The number of hydrogen-bond donors (Lipinski definition) is 2. The minimum atomic E-state index is -3.83. The molecule has 2 amide bonds. The highest BCUT2D eigenvalue weighted by Gasteiger charge is 2.28. The van der Waals surface area contributed by atoms with Crippen LogP contribution in [-0.4, -0.2) is 50.7 Å². The molecule has 0 radical (unpaired) electrons. The predicted octanol–water partition coefficient (Wildman–Crippen LogP) is 5.71. The van der Waals surface area contributed by atoms with Crippen LogP contribution in [0.2, 0.25) is 10.0 Å². The van der Waals surface area contributed by atoms with Gasteiger partial charge in [-0.05, 0) is 48.4 Å². The molecule has 0 bridgehead atoms. The first-order valence-corrected chi connectivity index (χ1v) is 15.7. The first-order valence-electron chi connectivity index (χ1n) is 12.6. The number of carbonyl (C=O) groups excluding carboxylic acids is 2. The monoisotopic (exact) mass is 595 g/mol. The highest BCUT2D eigenvalue weighted by atomic mass is 35.5. The third kappa shape index (κ3) is 6.87. The maximum absolute atomic E-state index is 13.1. The van der Waals surface area contributed by atoms with Crippen LogP contribution in [0.15, 0.2) is 53.4 Å². The number of hydrogen-bond acceptors (Lipinski definition) is 5. The number of halogens is 2. The average molecular weight is 597 g/mol. The summed E-state index contributed by atoms with van der Waals surface area (Å²) in [5.74, 6) is -0.115. The number of thiophene rings is 1. The van der Waals surface area contributed by atoms with Gasteiger partial charge in [0.1, 0.15) is 10.9 Å². The standard InChI is InChI=1S/C27H31Cl2N3O4S2/c1-32(38(35,36)24-13-6-11-20(28)25(24)29)15-7-14-30-26(33)21(16-18-8-2-3-9-18)31-27(34)23-17-19-10-4-5-12-22(19)37-23/h4-6,10-13,17-18,21H,2-3,7-9,14-16H2,1H3,(H,30,33)(H,31,34)/t21-/m0/s1. The number of carbonyl (C=O) groups is 2. The molecule has 1 aromatic heterocycles. The first kappa shape index (κ1) is 28.8. The molecule has 0 spiro atoms. The van der Waals surface area contributed by atoms with Crippen molar-refractivity contribution in [2.24, 2.45) is 5.92 Å². The molecule has 1 atom stereocenters. The number of benzene rings is 2. The van der Waals surface area contributed by atoms with E-state index in [1.54, 1.807) is 0 Å². The Hall–Kier alpha value is -2.17. The summed E-state index contributed by atoms with van der Waals surface area (Å²) in [5, 5.41) is 6.99. The van der Waals surface area contributed by atoms with E-state index in [0.717, 1.165) is 35.8 Å². The summed E-state index contributed by atoms with van der Waals surface area (Å²) in [5.41, 5.74) is 0. The molecule has 0 aliphatic heterocycles. The van der Waals surface area contributed by atoms with E-state index < -0.39 is 16.1 Å². The highest BCUT2D eigenvalue weighted by molar-refractivity contribution is 7.89. The molecular weight excluding hydrogens is 565 g/mol. The van der Waals surface area contributed by atoms with Gasteiger partial charge in [0.15, 0.2) is 0 Å². The average Bonchev–Trinajstić information content (AvgIpc) is 3.57. The molecule has 38 heavy (non-hydrogen) atoms. The second-order valence-electron chi connectivity index (χ2n) is 9.58. The zero-order chi connectivity index (χ0) is 27.3. The summed E-state index contributed by atoms with van der Waals surface area (Å²) in [6.07, 6.45) is 5.36. The van der Waals surface area contributed by atoms with E-state index >= 15 is 0 Å². The molecule has 1 aliphatic rings. The van der Waals surface area contributed by atoms with Crippen molar-refractivity contribution in [1.29, 1.82) is 0 Å². The van der Waals surface area contributed by atoms with Crippen LogP contribution >= 0.6 is 34.5 Å². The van der Waals surface area contributed by atoms with Gasteiger partial charge < -0.3 is 10.6 Å². The normalized spacial score (nSPS) is 15.2. The molecule has 7 nitrogen and oxygen atoms in total. The molecule has 1 fully saturated rings. The molecule has 11 heteroatoms. The maximum atomic E-state index is 13.1. The summed E-state index contributed by atoms with van der Waals surface area (Å²) < 4.78 is 28.0. The van der Waals surface area contributed by atoms with Crippen molar-refractivity contribution in [2.75, 3.05) is 20.1 Å². The zero-order valence-corrected chi connectivity index (χ0v) is 24.2. The second kappa shape index (κ2) is 12.8. The van der Waals surface area contributed by atoms with Crippen molar-refractivity contribution in [3.63, 3.8) is 0 Å². The van der Waals surface area contributed by atoms with Crippen LogP contribution in [0, 0.1) is 5.92 Å². The van der Waals surface area contributed by atoms with Gasteiger partial charge in [0, 0.05) is 24.8 Å². The fourth-order valence-electron chi connectivity index (χ4n) is 4.74. The molecule has 3 aromatic rings. The molecule has 0 unspecified atom stereocenters. The largest absolute Gasteiger partial charge is 0.354 e. The fourth-order valence-corrected chi connectivity index (χ4v) is 7.65. The highest BCUT2D eigenvalue weighted by Crippen LogP contribution is 2.31. The number of sulfonamides is 1. The van der Waals surface area contributed by atoms with Crippen LogP contribution in [0.25, 0.3) is 10.1 Å². The van der Waals surface area contributed by atoms with Gasteiger partial charge in [-0.1, -0.05) is 73.2 Å². The molecular formula is C27H31Cl2N3O4S2. The predicted molar refractivity (Wildman–Crippen MR) is 154 cm³/mol. The lowest BCUT2D eigenvalue weighted by Crippen LogP contribution is -2.48. The minimum Gasteiger partial charge on any atom is -0.354 e. The van der Waals surface area contributed by atoms with Crippen LogP contribution in [-0.2, 0) is 14.8 Å². The lowest BCUT2D eigenvalue weighted by Gasteiger charge is -2.22. The first-order chi connectivity index (χ1) is 18.2. The van der Waals surface area contributed by atoms with Gasteiger partial charge in [-0.3, -0.25) is 9.59 Å². The quantitative estimate of drug-likeness (QED) is 0.277. The van der Waals surface area contributed by atoms with Crippen LogP contribution < -0.4 is 10.6 Å². The van der Waals surface area contributed by atoms with E-state index in [4.69, 9.17) is 23.2 Å². The van der Waals surface area contributed by atoms with Gasteiger partial charge in [0.25, 0.3) is 5.91 Å². The van der Waals surface area contributed by atoms with E-state index in [0.29, 0.717) is 23.6 Å². The molecule has 0 saturated heterocycles. The summed E-state index contributed by atoms with van der Waals surface area (Å²) in [6, 6.07) is 13.5. The number of nitrogens with zero attached hydrogens (tertiary/aromatic N) is 1. The third-order valence-electron chi connectivity index (χ3n) is 6.87. The lowest BCUT2D eigenvalue weighted by molar-refractivity contribution is -0.123. The molecule has 1 aliphatic carbocycles. The minimum absolute atomic E-state index is 0.0153. The Morgan fingerprint density at radius 1 is 1.11 bits per heavy atom. The van der Waals surface area contributed by atoms with Crippen molar-refractivity contribution < 1.29 is 18.0 Å². The Balaban J connectivity index is 1.34. The van der Waals surface area contributed by atoms with Gasteiger partial charge in [-0.25, -0.2) is 12.7 Å². The fraction of sp³-hybridized carbons (Fsp3) is 0.407. The SMILES string of the molecule is CN(CCCNC(=O)[C@H](CC1CCCC1)NC(=O)c1cc2ccccc2s1)S(=O)(=O)c1cccc(Cl)c1Cl. The topological polar surface area (TPSA) is 95.6 Å². The van der Waals surface area contributed by atoms with Gasteiger partial charge in [0.2, 0.25) is 15.9 Å². The molecule has 1 heterocycles. The Kier molecular flexibility index (Phi) is 9.70. The summed E-state index contributed by atoms with van der Waals surface area (Å²) in [7, 11) is -2.37. The van der Waals surface area contributed by atoms with Gasteiger partial charge in [-0.15, -0.1) is 11.3 Å². The van der Waals surface area contributed by atoms with Crippen molar-refractivity contribution in [2.45, 2.75) is 49.5 Å². The third-order valence-corrected chi connectivity index (χ3v) is 10.8. The number of rotatable bonds is 11. The van der Waals surface area contributed by atoms with Crippen LogP contribution in [0.4, 0.5) is 0 Å².